The Morgan fingerprint density at radius 1 is 1.05 bits per heavy atom. The van der Waals surface area contributed by atoms with E-state index in [4.69, 9.17) is 25.6 Å². The minimum atomic E-state index is -0.169. The molecule has 0 saturated carbocycles. The van der Waals surface area contributed by atoms with Crippen molar-refractivity contribution in [3.05, 3.63) is 93.6 Å². The zero-order valence-electron chi connectivity index (χ0n) is 22.8. The fraction of sp³-hybridized carbons (Fsp3) is 0.258. The molecule has 6 rings (SSSR count). The molecule has 0 spiro atoms. The highest BCUT2D eigenvalue weighted by Crippen LogP contribution is 2.41. The monoisotopic (exact) mass is 556 g/mol. The molecule has 1 aliphatic heterocycles. The summed E-state index contributed by atoms with van der Waals surface area (Å²) in [6.45, 7) is 7.30. The number of methoxy groups -OCH3 is 1. The zero-order valence-corrected chi connectivity index (χ0v) is 23.6. The molecule has 3 aromatic heterocycles. The second-order valence-electron chi connectivity index (χ2n) is 10.0. The fourth-order valence-electron chi connectivity index (χ4n) is 5.43. The molecule has 204 valence electrons. The first-order chi connectivity index (χ1) is 19.4. The highest BCUT2D eigenvalue weighted by molar-refractivity contribution is 6.38. The van der Waals surface area contributed by atoms with Gasteiger partial charge in [-0.15, -0.1) is 0 Å². The lowest BCUT2D eigenvalue weighted by molar-refractivity contribution is 0.0743. The molecule has 4 heterocycles. The third-order valence-electron chi connectivity index (χ3n) is 7.36. The number of rotatable bonds is 7. The number of hydrogen-bond donors (Lipinski definition) is 0. The lowest BCUT2D eigenvalue weighted by Gasteiger charge is -2.24. The predicted octanol–water partition coefficient (Wildman–Crippen LogP) is 6.51. The van der Waals surface area contributed by atoms with E-state index in [9.17, 15) is 4.79 Å². The van der Waals surface area contributed by atoms with Gasteiger partial charge in [-0.05, 0) is 38.5 Å². The summed E-state index contributed by atoms with van der Waals surface area (Å²) < 4.78 is 19.4. The second kappa shape index (κ2) is 10.4. The standard InChI is InChI=1S/C31H29ClN4O4/c1-18-14-25(38-4)24(30(33-18)39-17-21-8-6-5-7-9-21)16-36-13-12-35-11-10-22-15-23(26-19(2)34-40-20(26)3)28(32)27(29(22)35)31(36)37/h5-11,14-15H,12-13,16-17H2,1-4H3. The first kappa shape index (κ1) is 26.0. The first-order valence-electron chi connectivity index (χ1n) is 13.1. The van der Waals surface area contributed by atoms with Crippen molar-refractivity contribution in [2.24, 2.45) is 0 Å². The number of carbonyl (C=O) groups excluding carboxylic acids is 1. The van der Waals surface area contributed by atoms with Crippen molar-refractivity contribution in [2.75, 3.05) is 13.7 Å². The lowest BCUT2D eigenvalue weighted by Crippen LogP contribution is -2.32. The topological polar surface area (TPSA) is 82.6 Å². The van der Waals surface area contributed by atoms with E-state index in [2.05, 4.69) is 14.7 Å². The maximum absolute atomic E-state index is 14.3. The first-order valence-corrected chi connectivity index (χ1v) is 13.5. The van der Waals surface area contributed by atoms with Crippen LogP contribution in [0.5, 0.6) is 11.6 Å². The van der Waals surface area contributed by atoms with E-state index in [0.29, 0.717) is 53.2 Å². The van der Waals surface area contributed by atoms with Gasteiger partial charge >= 0.3 is 0 Å². The highest BCUT2D eigenvalue weighted by atomic mass is 35.5. The van der Waals surface area contributed by atoms with E-state index in [1.54, 1.807) is 12.0 Å². The van der Waals surface area contributed by atoms with Crippen LogP contribution in [0.1, 0.15) is 38.6 Å². The molecule has 1 amide bonds. The van der Waals surface area contributed by atoms with Crippen molar-refractivity contribution in [3.63, 3.8) is 0 Å². The van der Waals surface area contributed by atoms with Crippen LogP contribution in [0.15, 0.2) is 59.3 Å². The zero-order chi connectivity index (χ0) is 28.0. The average molecular weight is 557 g/mol. The van der Waals surface area contributed by atoms with Crippen LogP contribution in [0.3, 0.4) is 0 Å². The minimum absolute atomic E-state index is 0.169. The van der Waals surface area contributed by atoms with Gasteiger partial charge in [0.1, 0.15) is 18.1 Å². The van der Waals surface area contributed by atoms with Gasteiger partial charge in [0, 0.05) is 47.6 Å². The number of benzene rings is 2. The van der Waals surface area contributed by atoms with E-state index >= 15 is 0 Å². The van der Waals surface area contributed by atoms with Crippen LogP contribution in [-0.2, 0) is 19.7 Å². The number of hydrogen-bond acceptors (Lipinski definition) is 6. The van der Waals surface area contributed by atoms with Gasteiger partial charge in [-0.1, -0.05) is 47.1 Å². The maximum atomic E-state index is 14.3. The number of amides is 1. The van der Waals surface area contributed by atoms with Gasteiger partial charge < -0.3 is 23.5 Å². The number of aromatic nitrogens is 3. The van der Waals surface area contributed by atoms with Gasteiger partial charge in [-0.3, -0.25) is 4.79 Å². The summed E-state index contributed by atoms with van der Waals surface area (Å²) in [5.41, 5.74) is 6.03. The van der Waals surface area contributed by atoms with Gasteiger partial charge in [0.25, 0.3) is 5.91 Å². The van der Waals surface area contributed by atoms with Crippen molar-refractivity contribution in [1.29, 1.82) is 0 Å². The van der Waals surface area contributed by atoms with Crippen LogP contribution >= 0.6 is 11.6 Å². The Balaban J connectivity index is 1.41. The molecule has 0 radical (unpaired) electrons. The maximum Gasteiger partial charge on any atom is 0.257 e. The molecule has 0 saturated heterocycles. The number of nitrogens with zero attached hydrogens (tertiary/aromatic N) is 4. The molecule has 0 bridgehead atoms. The van der Waals surface area contributed by atoms with Crippen molar-refractivity contribution < 1.29 is 18.8 Å². The van der Waals surface area contributed by atoms with E-state index in [-0.39, 0.29) is 12.5 Å². The van der Waals surface area contributed by atoms with Crippen LogP contribution in [0.25, 0.3) is 22.0 Å². The molecule has 0 N–H and O–H groups in total. The average Bonchev–Trinajstić information content (AvgIpc) is 3.47. The van der Waals surface area contributed by atoms with E-state index in [1.165, 1.54) is 0 Å². The van der Waals surface area contributed by atoms with Crippen LogP contribution < -0.4 is 9.47 Å². The Bertz CT molecular complexity index is 1720. The summed E-state index contributed by atoms with van der Waals surface area (Å²) in [5, 5.41) is 5.42. The van der Waals surface area contributed by atoms with Crippen LogP contribution in [0.4, 0.5) is 0 Å². The summed E-state index contributed by atoms with van der Waals surface area (Å²) in [6, 6.07) is 15.8. The van der Waals surface area contributed by atoms with Crippen LogP contribution in [0.2, 0.25) is 5.02 Å². The Hall–Kier alpha value is -4.30. The molecule has 2 aromatic carbocycles. The number of ether oxygens (including phenoxy) is 2. The third kappa shape index (κ3) is 4.48. The number of aryl methyl sites for hydroxylation is 3. The van der Waals surface area contributed by atoms with Gasteiger partial charge in [-0.2, -0.15) is 0 Å². The second-order valence-corrected chi connectivity index (χ2v) is 10.4. The molecule has 0 fully saturated rings. The number of halogens is 1. The van der Waals surface area contributed by atoms with Crippen molar-refractivity contribution >= 4 is 28.4 Å². The Morgan fingerprint density at radius 3 is 2.58 bits per heavy atom. The molecule has 0 aliphatic carbocycles. The van der Waals surface area contributed by atoms with E-state index in [0.717, 1.165) is 39.0 Å². The molecule has 9 heteroatoms. The molecule has 40 heavy (non-hydrogen) atoms. The van der Waals surface area contributed by atoms with Gasteiger partial charge in [-0.25, -0.2) is 4.98 Å². The Morgan fingerprint density at radius 2 is 1.85 bits per heavy atom. The van der Waals surface area contributed by atoms with Crippen LogP contribution in [-0.4, -0.2) is 39.2 Å². The van der Waals surface area contributed by atoms with Gasteiger partial charge in [0.05, 0.1) is 41.0 Å². The number of pyridine rings is 1. The minimum Gasteiger partial charge on any atom is -0.496 e. The summed E-state index contributed by atoms with van der Waals surface area (Å²) >= 11 is 7.06. The smallest absolute Gasteiger partial charge is 0.257 e. The van der Waals surface area contributed by atoms with Crippen LogP contribution in [0, 0.1) is 20.8 Å². The lowest BCUT2D eigenvalue weighted by atomic mass is 9.98. The molecular weight excluding hydrogens is 528 g/mol. The molecular formula is C31H29ClN4O4. The SMILES string of the molecule is COc1cc(C)nc(OCc2ccccc2)c1CN1CCn2ccc3cc(-c4c(C)noc4C)c(Cl)c(c32)C1=O. The van der Waals surface area contributed by atoms with Gasteiger partial charge in [0.2, 0.25) is 5.88 Å². The molecule has 0 unspecified atom stereocenters. The molecule has 5 aromatic rings. The molecule has 8 nitrogen and oxygen atoms in total. The third-order valence-corrected chi connectivity index (χ3v) is 7.76. The molecule has 1 aliphatic rings. The normalized spacial score (nSPS) is 13.1. The largest absolute Gasteiger partial charge is 0.496 e. The summed E-state index contributed by atoms with van der Waals surface area (Å²) in [7, 11) is 1.61. The van der Waals surface area contributed by atoms with E-state index < -0.39 is 0 Å². The fourth-order valence-corrected chi connectivity index (χ4v) is 5.75. The highest BCUT2D eigenvalue weighted by Gasteiger charge is 2.31. The van der Waals surface area contributed by atoms with Crippen molar-refractivity contribution in [1.82, 2.24) is 19.6 Å². The Kier molecular flexibility index (Phi) is 6.72. The Labute approximate surface area is 237 Å². The van der Waals surface area contributed by atoms with Crippen molar-refractivity contribution in [3.8, 4) is 22.8 Å². The number of carbonyl (C=O) groups is 1. The van der Waals surface area contributed by atoms with Crippen molar-refractivity contribution in [2.45, 2.75) is 40.5 Å². The summed E-state index contributed by atoms with van der Waals surface area (Å²) in [4.78, 5) is 20.7. The van der Waals surface area contributed by atoms with Gasteiger partial charge in [0.15, 0.2) is 0 Å². The quantitative estimate of drug-likeness (QED) is 0.227. The van der Waals surface area contributed by atoms with E-state index in [1.807, 2.05) is 75.5 Å². The predicted molar refractivity (Wildman–Crippen MR) is 153 cm³/mol. The summed E-state index contributed by atoms with van der Waals surface area (Å²) in [5.74, 6) is 1.54. The molecule has 0 atom stereocenters. The summed E-state index contributed by atoms with van der Waals surface area (Å²) in [6.07, 6.45) is 2.00.